The van der Waals surface area contributed by atoms with Gasteiger partial charge in [0, 0.05) is 35.4 Å². The van der Waals surface area contributed by atoms with Crippen LogP contribution in [0, 0.1) is 6.92 Å². The Hall–Kier alpha value is -4.77. The first kappa shape index (κ1) is 24.9. The number of aromatic carboxylic acids is 1. The lowest BCUT2D eigenvalue weighted by Crippen LogP contribution is -2.31. The predicted molar refractivity (Wildman–Crippen MR) is 142 cm³/mol. The van der Waals surface area contributed by atoms with Crippen LogP contribution in [0.25, 0.3) is 22.2 Å². The van der Waals surface area contributed by atoms with Crippen molar-refractivity contribution in [3.8, 4) is 16.9 Å². The fourth-order valence-electron chi connectivity index (χ4n) is 4.31. The summed E-state index contributed by atoms with van der Waals surface area (Å²) in [5.41, 5.74) is 2.54. The fraction of sp³-hybridized carbons (Fsp3) is 0.111. The van der Waals surface area contributed by atoms with Crippen LogP contribution in [-0.4, -0.2) is 46.8 Å². The minimum Gasteiger partial charge on any atom is -0.497 e. The smallest absolute Gasteiger partial charge is 0.337 e. The molecule has 3 heterocycles. The third-order valence-electron chi connectivity index (χ3n) is 6.13. The summed E-state index contributed by atoms with van der Waals surface area (Å²) in [6, 6.07) is 16.4. The van der Waals surface area contributed by atoms with Crippen LogP contribution in [0.2, 0.25) is 0 Å². The molecule has 0 unspecified atom stereocenters. The van der Waals surface area contributed by atoms with Crippen molar-refractivity contribution in [1.29, 1.82) is 0 Å². The minimum absolute atomic E-state index is 0.0415. The number of methoxy groups -OCH3 is 1. The number of anilines is 1. The van der Waals surface area contributed by atoms with Crippen molar-refractivity contribution in [2.45, 2.75) is 18.4 Å². The zero-order valence-electron chi connectivity index (χ0n) is 20.5. The molecule has 2 N–H and O–H groups in total. The number of carbonyl (C=O) groups is 1. The van der Waals surface area contributed by atoms with E-state index in [-0.39, 0.29) is 17.0 Å². The van der Waals surface area contributed by atoms with Crippen LogP contribution in [0.3, 0.4) is 0 Å². The molecular weight excluding hydrogens is 506 g/mol. The number of aromatic nitrogens is 4. The van der Waals surface area contributed by atoms with Crippen LogP contribution in [-0.2, 0) is 16.6 Å². The lowest BCUT2D eigenvalue weighted by atomic mass is 9.95. The maximum atomic E-state index is 14.1. The summed E-state index contributed by atoms with van der Waals surface area (Å²) in [4.78, 5) is 20.7. The summed E-state index contributed by atoms with van der Waals surface area (Å²) in [7, 11) is -2.63. The van der Waals surface area contributed by atoms with Crippen molar-refractivity contribution in [2.75, 3.05) is 11.4 Å². The van der Waals surface area contributed by atoms with E-state index in [1.54, 1.807) is 67.8 Å². The first-order chi connectivity index (χ1) is 18.3. The molecule has 0 spiro atoms. The maximum Gasteiger partial charge on any atom is 0.337 e. The van der Waals surface area contributed by atoms with Gasteiger partial charge in [0.2, 0.25) is 0 Å². The number of para-hydroxylation sites is 1. The number of nitrogens with one attached hydrogen (secondary N) is 1. The molecule has 0 radical (unpaired) electrons. The number of hydrogen-bond acceptors (Lipinski definition) is 7. The Kier molecular flexibility index (Phi) is 6.52. The highest BCUT2D eigenvalue weighted by Crippen LogP contribution is 2.40. The molecule has 0 saturated carbocycles. The Morgan fingerprint density at radius 1 is 1.05 bits per heavy atom. The largest absolute Gasteiger partial charge is 0.497 e. The van der Waals surface area contributed by atoms with Crippen LogP contribution in [0.1, 0.15) is 21.6 Å². The average Bonchev–Trinajstić information content (AvgIpc) is 3.32. The number of carboxylic acids is 1. The van der Waals surface area contributed by atoms with E-state index < -0.39 is 16.0 Å². The van der Waals surface area contributed by atoms with E-state index in [9.17, 15) is 18.3 Å². The summed E-state index contributed by atoms with van der Waals surface area (Å²) in [6.07, 6.45) is 4.43. The Bertz CT molecular complexity index is 1740. The Morgan fingerprint density at radius 2 is 1.82 bits per heavy atom. The predicted octanol–water partition coefficient (Wildman–Crippen LogP) is 4.43. The van der Waals surface area contributed by atoms with E-state index in [0.29, 0.717) is 44.9 Å². The van der Waals surface area contributed by atoms with Crippen molar-refractivity contribution in [3.05, 3.63) is 96.1 Å². The number of hydrogen-bond donors (Lipinski definition) is 2. The van der Waals surface area contributed by atoms with Gasteiger partial charge in [0.05, 0.1) is 35.2 Å². The lowest BCUT2D eigenvalue weighted by molar-refractivity contribution is 0.0697. The van der Waals surface area contributed by atoms with E-state index in [0.717, 1.165) is 0 Å². The number of benzene rings is 2. The summed E-state index contributed by atoms with van der Waals surface area (Å²) in [6.45, 7) is 1.72. The molecule has 11 heteroatoms. The number of aromatic amines is 1. The van der Waals surface area contributed by atoms with Crippen LogP contribution in [0.4, 0.5) is 5.69 Å². The number of fused-ring (bicyclic) bond motifs is 1. The molecule has 2 aromatic carbocycles. The normalized spacial score (nSPS) is 11.4. The van der Waals surface area contributed by atoms with Crippen molar-refractivity contribution < 1.29 is 23.1 Å². The minimum atomic E-state index is -4.13. The lowest BCUT2D eigenvalue weighted by Gasteiger charge is -2.27. The number of ether oxygens (including phenoxy) is 1. The molecule has 0 aliphatic carbocycles. The molecule has 5 rings (SSSR count). The average molecular weight is 530 g/mol. The second-order valence-electron chi connectivity index (χ2n) is 8.46. The molecule has 0 fully saturated rings. The molecule has 192 valence electrons. The van der Waals surface area contributed by atoms with Crippen LogP contribution in [0.15, 0.2) is 84.1 Å². The molecule has 3 aromatic heterocycles. The first-order valence-corrected chi connectivity index (χ1v) is 13.0. The van der Waals surface area contributed by atoms with Gasteiger partial charge in [-0.15, -0.1) is 0 Å². The molecule has 38 heavy (non-hydrogen) atoms. The van der Waals surface area contributed by atoms with Crippen molar-refractivity contribution in [3.63, 3.8) is 0 Å². The van der Waals surface area contributed by atoms with Gasteiger partial charge >= 0.3 is 5.97 Å². The fourth-order valence-corrected chi connectivity index (χ4v) is 5.78. The van der Waals surface area contributed by atoms with Gasteiger partial charge in [-0.3, -0.25) is 14.4 Å². The SMILES string of the molecule is COc1ccc(S(=O)(=O)N(Cc2cccnc2)c2ccccc2-c2c(C(=O)O)cnc3n[nH]c(C)c23)cc1. The van der Waals surface area contributed by atoms with Gasteiger partial charge in [-0.25, -0.2) is 18.2 Å². The third kappa shape index (κ3) is 4.43. The number of carboxylic acid groups (broad SMARTS) is 1. The second kappa shape index (κ2) is 9.94. The number of aryl methyl sites for hydroxylation is 1. The number of nitrogens with zero attached hydrogens (tertiary/aromatic N) is 4. The van der Waals surface area contributed by atoms with E-state index in [2.05, 4.69) is 20.2 Å². The highest BCUT2D eigenvalue weighted by atomic mass is 32.2. The first-order valence-electron chi connectivity index (χ1n) is 11.5. The molecule has 0 saturated heterocycles. The van der Waals surface area contributed by atoms with Gasteiger partial charge in [0.15, 0.2) is 5.65 Å². The van der Waals surface area contributed by atoms with E-state index in [1.165, 1.54) is 29.7 Å². The quantitative estimate of drug-likeness (QED) is 0.301. The Balaban J connectivity index is 1.78. The monoisotopic (exact) mass is 529 g/mol. The molecule has 0 atom stereocenters. The van der Waals surface area contributed by atoms with E-state index in [1.807, 2.05) is 0 Å². The van der Waals surface area contributed by atoms with E-state index in [4.69, 9.17) is 4.74 Å². The Morgan fingerprint density at radius 3 is 2.50 bits per heavy atom. The molecule has 0 bridgehead atoms. The number of H-pyrrole nitrogens is 1. The molecule has 10 nitrogen and oxygen atoms in total. The molecule has 5 aromatic rings. The summed E-state index contributed by atoms with van der Waals surface area (Å²) < 4.78 is 34.7. The van der Waals surface area contributed by atoms with Gasteiger partial charge in [-0.05, 0) is 48.9 Å². The highest BCUT2D eigenvalue weighted by molar-refractivity contribution is 7.92. The van der Waals surface area contributed by atoms with Crippen LogP contribution in [0.5, 0.6) is 5.75 Å². The molecule has 0 aliphatic rings. The van der Waals surface area contributed by atoms with Gasteiger partial charge in [0.1, 0.15) is 5.75 Å². The maximum absolute atomic E-state index is 14.1. The number of pyridine rings is 2. The topological polar surface area (TPSA) is 138 Å². The summed E-state index contributed by atoms with van der Waals surface area (Å²) in [5.74, 6) is -0.675. The second-order valence-corrected chi connectivity index (χ2v) is 10.3. The van der Waals surface area contributed by atoms with E-state index >= 15 is 0 Å². The molecule has 0 aliphatic heterocycles. The van der Waals surface area contributed by atoms with Crippen LogP contribution < -0.4 is 9.04 Å². The van der Waals surface area contributed by atoms with Gasteiger partial charge in [-0.2, -0.15) is 5.10 Å². The molecule has 0 amide bonds. The van der Waals surface area contributed by atoms with Crippen molar-refractivity contribution in [1.82, 2.24) is 20.2 Å². The van der Waals surface area contributed by atoms with Gasteiger partial charge in [0.25, 0.3) is 10.0 Å². The van der Waals surface area contributed by atoms with Crippen molar-refractivity contribution in [2.24, 2.45) is 0 Å². The summed E-state index contributed by atoms with van der Waals surface area (Å²) in [5, 5.41) is 17.6. The van der Waals surface area contributed by atoms with Gasteiger partial charge < -0.3 is 9.84 Å². The van der Waals surface area contributed by atoms with Gasteiger partial charge in [-0.1, -0.05) is 24.3 Å². The zero-order chi connectivity index (χ0) is 26.9. The summed E-state index contributed by atoms with van der Waals surface area (Å²) >= 11 is 0. The van der Waals surface area contributed by atoms with Crippen LogP contribution >= 0.6 is 0 Å². The van der Waals surface area contributed by atoms with Crippen molar-refractivity contribution >= 4 is 32.7 Å². The third-order valence-corrected chi connectivity index (χ3v) is 7.91. The zero-order valence-corrected chi connectivity index (χ0v) is 21.3. The number of sulfonamides is 1. The highest BCUT2D eigenvalue weighted by Gasteiger charge is 2.30. The standard InChI is InChI=1S/C27H23N5O5S/c1-17-24-25(22(27(33)34)15-29-26(24)31-30-17)21-7-3-4-8-23(21)32(16-18-6-5-13-28-14-18)38(35,36)20-11-9-19(37-2)10-12-20/h3-15H,16H2,1-2H3,(H,33,34)(H,29,30,31). The Labute approximate surface area is 218 Å². The number of rotatable bonds is 8. The molecular formula is C27H23N5O5S.